The number of benzene rings is 1. The van der Waals surface area contributed by atoms with Gasteiger partial charge in [-0.05, 0) is 52.2 Å². The summed E-state index contributed by atoms with van der Waals surface area (Å²) in [5.41, 5.74) is 9.13. The predicted octanol–water partition coefficient (Wildman–Crippen LogP) is 3.51. The summed E-state index contributed by atoms with van der Waals surface area (Å²) in [5, 5.41) is 0. The Kier molecular flexibility index (Phi) is 6.16. The second kappa shape index (κ2) is 7.39. The Bertz CT molecular complexity index is 350. The van der Waals surface area contributed by atoms with Crippen molar-refractivity contribution < 1.29 is 4.74 Å². The lowest BCUT2D eigenvalue weighted by molar-refractivity contribution is 0.137. The van der Waals surface area contributed by atoms with Gasteiger partial charge < -0.3 is 10.2 Å². The molecule has 1 aromatic rings. The molecule has 0 aliphatic heterocycles. The Morgan fingerprint density at radius 2 is 1.94 bits per heavy atom. The second-order valence-corrected chi connectivity index (χ2v) is 5.25. The van der Waals surface area contributed by atoms with E-state index in [9.17, 15) is 0 Å². The van der Waals surface area contributed by atoms with Crippen LogP contribution in [-0.2, 0) is 4.74 Å². The van der Waals surface area contributed by atoms with E-state index in [0.29, 0.717) is 0 Å². The Hall–Kier alpha value is -1.06. The van der Waals surface area contributed by atoms with Gasteiger partial charge in [-0.15, -0.1) is 0 Å². The molecule has 0 aliphatic rings. The Labute approximate surface area is 111 Å². The van der Waals surface area contributed by atoms with Crippen LogP contribution in [0.2, 0.25) is 0 Å². The molecule has 18 heavy (non-hydrogen) atoms. The standard InChI is InChI=1S/C15H26N2O/c1-5-18-12-8-11-15(3,4)17-16-14-10-7-6-9-13(14)2/h6-7,9-10,16-17H,5,8,11-12H2,1-4H3. The minimum atomic E-state index is 0.0549. The van der Waals surface area contributed by atoms with E-state index in [2.05, 4.69) is 43.8 Å². The molecule has 0 bridgehead atoms. The fourth-order valence-corrected chi connectivity index (χ4v) is 1.77. The number of aryl methyl sites for hydroxylation is 1. The molecule has 2 N–H and O–H groups in total. The first-order valence-corrected chi connectivity index (χ1v) is 6.72. The molecule has 0 aliphatic carbocycles. The van der Waals surface area contributed by atoms with Crippen LogP contribution in [0.1, 0.15) is 39.2 Å². The predicted molar refractivity (Wildman–Crippen MR) is 77.7 cm³/mol. The third kappa shape index (κ3) is 5.52. The summed E-state index contributed by atoms with van der Waals surface area (Å²) in [4.78, 5) is 0. The average Bonchev–Trinajstić information content (AvgIpc) is 2.34. The van der Waals surface area contributed by atoms with E-state index in [4.69, 9.17) is 4.74 Å². The Morgan fingerprint density at radius 1 is 1.22 bits per heavy atom. The van der Waals surface area contributed by atoms with Crippen LogP contribution in [0.3, 0.4) is 0 Å². The molecule has 0 atom stereocenters. The molecule has 0 radical (unpaired) electrons. The van der Waals surface area contributed by atoms with Crippen molar-refractivity contribution in [3.8, 4) is 0 Å². The highest BCUT2D eigenvalue weighted by Gasteiger charge is 2.16. The average molecular weight is 250 g/mol. The van der Waals surface area contributed by atoms with Crippen LogP contribution in [0.4, 0.5) is 5.69 Å². The molecular formula is C15H26N2O. The van der Waals surface area contributed by atoms with E-state index in [1.807, 2.05) is 19.1 Å². The van der Waals surface area contributed by atoms with Gasteiger partial charge in [-0.2, -0.15) is 0 Å². The van der Waals surface area contributed by atoms with Gasteiger partial charge in [0.25, 0.3) is 0 Å². The van der Waals surface area contributed by atoms with Crippen molar-refractivity contribution in [2.75, 3.05) is 18.6 Å². The quantitative estimate of drug-likeness (QED) is 0.547. The van der Waals surface area contributed by atoms with Crippen molar-refractivity contribution in [1.29, 1.82) is 0 Å². The SMILES string of the molecule is CCOCCCC(C)(C)NNc1ccccc1C. The molecule has 0 spiro atoms. The molecule has 0 fully saturated rings. The van der Waals surface area contributed by atoms with Crippen molar-refractivity contribution in [3.05, 3.63) is 29.8 Å². The molecule has 1 rings (SSSR count). The first kappa shape index (κ1) is 15.0. The van der Waals surface area contributed by atoms with Crippen molar-refractivity contribution >= 4 is 5.69 Å². The van der Waals surface area contributed by atoms with Gasteiger partial charge in [-0.1, -0.05) is 18.2 Å². The highest BCUT2D eigenvalue weighted by atomic mass is 16.5. The zero-order valence-corrected chi connectivity index (χ0v) is 12.0. The van der Waals surface area contributed by atoms with E-state index >= 15 is 0 Å². The summed E-state index contributed by atoms with van der Waals surface area (Å²) in [5.74, 6) is 0. The van der Waals surface area contributed by atoms with E-state index in [0.717, 1.165) is 31.7 Å². The molecule has 102 valence electrons. The fourth-order valence-electron chi connectivity index (χ4n) is 1.77. The molecular weight excluding hydrogens is 224 g/mol. The number of ether oxygens (including phenoxy) is 1. The molecule has 0 amide bonds. The summed E-state index contributed by atoms with van der Waals surface area (Å²) in [6.07, 6.45) is 2.15. The summed E-state index contributed by atoms with van der Waals surface area (Å²) in [6, 6.07) is 8.28. The van der Waals surface area contributed by atoms with Crippen LogP contribution in [-0.4, -0.2) is 18.8 Å². The maximum Gasteiger partial charge on any atom is 0.0516 e. The van der Waals surface area contributed by atoms with Crippen LogP contribution in [0.15, 0.2) is 24.3 Å². The maximum atomic E-state index is 5.36. The number of hydrogen-bond donors (Lipinski definition) is 2. The highest BCUT2D eigenvalue weighted by molar-refractivity contribution is 5.49. The summed E-state index contributed by atoms with van der Waals surface area (Å²) < 4.78 is 5.36. The molecule has 0 aromatic heterocycles. The maximum absolute atomic E-state index is 5.36. The van der Waals surface area contributed by atoms with Gasteiger partial charge in [0.05, 0.1) is 5.69 Å². The molecule has 3 nitrogen and oxygen atoms in total. The number of nitrogens with one attached hydrogen (secondary N) is 2. The zero-order valence-electron chi connectivity index (χ0n) is 12.0. The number of rotatable bonds is 8. The summed E-state index contributed by atoms with van der Waals surface area (Å²) in [7, 11) is 0. The topological polar surface area (TPSA) is 33.3 Å². The van der Waals surface area contributed by atoms with Crippen LogP contribution < -0.4 is 10.9 Å². The molecule has 0 heterocycles. The fraction of sp³-hybridized carbons (Fsp3) is 0.600. The molecule has 3 heteroatoms. The summed E-state index contributed by atoms with van der Waals surface area (Å²) >= 11 is 0. The number of hydrogen-bond acceptors (Lipinski definition) is 3. The second-order valence-electron chi connectivity index (χ2n) is 5.25. The molecule has 1 aromatic carbocycles. The zero-order chi connectivity index (χ0) is 13.4. The van der Waals surface area contributed by atoms with Crippen LogP contribution in [0.25, 0.3) is 0 Å². The lowest BCUT2D eigenvalue weighted by Gasteiger charge is -2.27. The third-order valence-electron chi connectivity index (χ3n) is 2.98. The third-order valence-corrected chi connectivity index (χ3v) is 2.98. The van der Waals surface area contributed by atoms with Gasteiger partial charge >= 0.3 is 0 Å². The van der Waals surface area contributed by atoms with Gasteiger partial charge in [0, 0.05) is 18.8 Å². The van der Waals surface area contributed by atoms with E-state index in [1.54, 1.807) is 0 Å². The molecule has 0 unspecified atom stereocenters. The lowest BCUT2D eigenvalue weighted by Crippen LogP contribution is -2.43. The lowest BCUT2D eigenvalue weighted by atomic mass is 10.00. The number of hydrazine groups is 1. The first-order chi connectivity index (χ1) is 8.55. The summed E-state index contributed by atoms with van der Waals surface area (Å²) in [6.45, 7) is 10.2. The van der Waals surface area contributed by atoms with Crippen LogP contribution in [0.5, 0.6) is 0 Å². The van der Waals surface area contributed by atoms with Crippen molar-refractivity contribution in [2.45, 2.75) is 46.1 Å². The minimum absolute atomic E-state index is 0.0549. The number of para-hydroxylation sites is 1. The van der Waals surface area contributed by atoms with E-state index < -0.39 is 0 Å². The van der Waals surface area contributed by atoms with Crippen LogP contribution in [0, 0.1) is 6.92 Å². The van der Waals surface area contributed by atoms with Crippen LogP contribution >= 0.6 is 0 Å². The highest BCUT2D eigenvalue weighted by Crippen LogP contribution is 2.15. The normalized spacial score (nSPS) is 11.6. The molecule has 0 saturated heterocycles. The van der Waals surface area contributed by atoms with E-state index in [-0.39, 0.29) is 5.54 Å². The Balaban J connectivity index is 2.34. The minimum Gasteiger partial charge on any atom is -0.382 e. The van der Waals surface area contributed by atoms with Gasteiger partial charge in [-0.25, -0.2) is 5.43 Å². The van der Waals surface area contributed by atoms with Gasteiger partial charge in [0.15, 0.2) is 0 Å². The van der Waals surface area contributed by atoms with Gasteiger partial charge in [0.1, 0.15) is 0 Å². The van der Waals surface area contributed by atoms with Crippen molar-refractivity contribution in [3.63, 3.8) is 0 Å². The van der Waals surface area contributed by atoms with Gasteiger partial charge in [-0.3, -0.25) is 0 Å². The largest absolute Gasteiger partial charge is 0.382 e. The van der Waals surface area contributed by atoms with Crippen molar-refractivity contribution in [2.24, 2.45) is 0 Å². The smallest absolute Gasteiger partial charge is 0.0516 e. The number of anilines is 1. The first-order valence-electron chi connectivity index (χ1n) is 6.72. The Morgan fingerprint density at radius 3 is 2.61 bits per heavy atom. The monoisotopic (exact) mass is 250 g/mol. The molecule has 0 saturated carbocycles. The van der Waals surface area contributed by atoms with E-state index in [1.165, 1.54) is 5.56 Å². The van der Waals surface area contributed by atoms with Gasteiger partial charge in [0.2, 0.25) is 0 Å². The van der Waals surface area contributed by atoms with Crippen molar-refractivity contribution in [1.82, 2.24) is 5.43 Å².